The molecule has 0 amide bonds. The molecule has 0 radical (unpaired) electrons. The summed E-state index contributed by atoms with van der Waals surface area (Å²) in [5.74, 6) is 0.756. The van der Waals surface area contributed by atoms with Crippen LogP contribution < -0.4 is 9.47 Å². The summed E-state index contributed by atoms with van der Waals surface area (Å²) in [5.41, 5.74) is 4.29. The summed E-state index contributed by atoms with van der Waals surface area (Å²) in [6.45, 7) is 0.805. The molecule has 0 saturated heterocycles. The second-order valence-corrected chi connectivity index (χ2v) is 7.76. The van der Waals surface area contributed by atoms with Gasteiger partial charge >= 0.3 is 0 Å². The number of aryl methyl sites for hydroxylation is 1. The molecule has 0 saturated carbocycles. The second-order valence-electron chi connectivity index (χ2n) is 6.69. The highest BCUT2D eigenvalue weighted by Gasteiger charge is 2.07. The molecule has 1 aromatic heterocycles. The molecule has 0 unspecified atom stereocenters. The van der Waals surface area contributed by atoms with Crippen molar-refractivity contribution in [1.82, 2.24) is 0 Å². The van der Waals surface area contributed by atoms with E-state index < -0.39 is 0 Å². The Labute approximate surface area is 171 Å². The molecule has 0 aliphatic heterocycles. The van der Waals surface area contributed by atoms with E-state index in [0.29, 0.717) is 0 Å². The molecule has 3 aromatic rings. The van der Waals surface area contributed by atoms with Gasteiger partial charge in [0, 0.05) is 37.5 Å². The van der Waals surface area contributed by atoms with Gasteiger partial charge in [0.2, 0.25) is 5.12 Å². The topological polar surface area (TPSA) is 24.2 Å². The van der Waals surface area contributed by atoms with Crippen LogP contribution >= 0.6 is 11.8 Å². The third-order valence-corrected chi connectivity index (χ3v) is 5.27. The van der Waals surface area contributed by atoms with Gasteiger partial charge in [-0.25, -0.2) is 4.57 Å². The van der Waals surface area contributed by atoms with Crippen LogP contribution in [0.15, 0.2) is 79.1 Å². The lowest BCUT2D eigenvalue weighted by Gasteiger charge is -2.11. The molecule has 0 aliphatic carbocycles. The number of benzene rings is 2. The van der Waals surface area contributed by atoms with Crippen LogP contribution in [-0.2, 0) is 6.54 Å². The predicted molar refractivity (Wildman–Crippen MR) is 120 cm³/mol. The van der Waals surface area contributed by atoms with Gasteiger partial charge in [-0.3, -0.25) is 4.79 Å². The Morgan fingerprint density at radius 3 is 2.11 bits per heavy atom. The molecular weight excluding hydrogens is 364 g/mol. The lowest BCUT2D eigenvalue weighted by Crippen LogP contribution is -2.34. The number of nitrogens with zero attached hydrogens (tertiary/aromatic N) is 2. The van der Waals surface area contributed by atoms with Gasteiger partial charge in [-0.05, 0) is 23.3 Å². The van der Waals surface area contributed by atoms with Crippen LogP contribution in [0.2, 0.25) is 0 Å². The number of thioether (sulfide) groups is 1. The Hall–Kier alpha value is -2.85. The summed E-state index contributed by atoms with van der Waals surface area (Å²) < 4.78 is 2.11. The van der Waals surface area contributed by atoms with Crippen LogP contribution in [-0.4, -0.2) is 25.0 Å². The summed E-state index contributed by atoms with van der Waals surface area (Å²) in [6.07, 6.45) is 8.35. The third-order valence-electron chi connectivity index (χ3n) is 4.39. The molecule has 28 heavy (non-hydrogen) atoms. The van der Waals surface area contributed by atoms with Gasteiger partial charge in [0.15, 0.2) is 18.9 Å². The average Bonchev–Trinajstić information content (AvgIpc) is 2.74. The van der Waals surface area contributed by atoms with Gasteiger partial charge in [0.05, 0.1) is 5.75 Å². The zero-order valence-corrected chi connectivity index (χ0v) is 17.1. The Balaban J connectivity index is 1.50. The zero-order chi connectivity index (χ0) is 19.8. The summed E-state index contributed by atoms with van der Waals surface area (Å²) in [6, 6.07) is 22.1. The quantitative estimate of drug-likeness (QED) is 0.543. The van der Waals surface area contributed by atoms with Crippen molar-refractivity contribution in [2.45, 2.75) is 6.54 Å². The number of carbonyl (C=O) groups excluding carboxylic acids is 1. The van der Waals surface area contributed by atoms with E-state index in [0.717, 1.165) is 23.4 Å². The molecule has 0 bridgehead atoms. The number of pyridine rings is 1. The summed E-state index contributed by atoms with van der Waals surface area (Å²) in [7, 11) is 4.08. The molecular formula is C24H25N2OS+. The van der Waals surface area contributed by atoms with Gasteiger partial charge in [-0.15, -0.1) is 0 Å². The fourth-order valence-corrected chi connectivity index (χ4v) is 3.50. The van der Waals surface area contributed by atoms with E-state index in [-0.39, 0.29) is 5.12 Å². The Kier molecular flexibility index (Phi) is 7.04. The standard InChI is InChI=1S/C24H25N2OS/c1-25(2)23-12-10-20(11-13-23)8-9-21-14-16-26(17-15-21)18-19-28-24(27)22-6-4-3-5-7-22/h3-17H,18-19H2,1-2H3/q+1. The number of anilines is 1. The first-order valence-electron chi connectivity index (χ1n) is 9.28. The number of aromatic nitrogens is 1. The lowest BCUT2D eigenvalue weighted by atomic mass is 10.1. The van der Waals surface area contributed by atoms with Crippen LogP contribution in [0.1, 0.15) is 21.5 Å². The van der Waals surface area contributed by atoms with E-state index in [1.54, 1.807) is 0 Å². The molecule has 0 aliphatic rings. The molecule has 3 nitrogen and oxygen atoms in total. The molecule has 0 atom stereocenters. The number of carbonyl (C=O) groups is 1. The number of rotatable bonds is 7. The van der Waals surface area contributed by atoms with E-state index >= 15 is 0 Å². The zero-order valence-electron chi connectivity index (χ0n) is 16.3. The Morgan fingerprint density at radius 1 is 0.893 bits per heavy atom. The first kappa shape index (κ1) is 19.9. The van der Waals surface area contributed by atoms with Gasteiger partial charge < -0.3 is 4.90 Å². The van der Waals surface area contributed by atoms with Gasteiger partial charge in [0.1, 0.15) is 0 Å². The van der Waals surface area contributed by atoms with Crippen LogP contribution in [0.25, 0.3) is 12.2 Å². The molecule has 0 N–H and O–H groups in total. The van der Waals surface area contributed by atoms with E-state index in [2.05, 4.69) is 70.4 Å². The highest BCUT2D eigenvalue weighted by Crippen LogP contribution is 2.14. The SMILES string of the molecule is CN(C)c1ccc(/C=C/c2cc[n+](CCSC(=O)c3ccccc3)cc2)cc1. The highest BCUT2D eigenvalue weighted by atomic mass is 32.2. The predicted octanol–water partition coefficient (Wildman–Crippen LogP) is 4.78. The van der Waals surface area contributed by atoms with Gasteiger partial charge in [-0.1, -0.05) is 66.4 Å². The van der Waals surface area contributed by atoms with E-state index in [1.807, 2.05) is 44.4 Å². The maximum absolute atomic E-state index is 12.1. The molecule has 2 aromatic carbocycles. The van der Waals surface area contributed by atoms with Crippen molar-refractivity contribution in [3.63, 3.8) is 0 Å². The normalized spacial score (nSPS) is 10.9. The van der Waals surface area contributed by atoms with Gasteiger partial charge in [-0.2, -0.15) is 0 Å². The van der Waals surface area contributed by atoms with Crippen LogP contribution in [0, 0.1) is 0 Å². The van der Waals surface area contributed by atoms with E-state index in [9.17, 15) is 4.79 Å². The monoisotopic (exact) mass is 389 g/mol. The molecule has 4 heteroatoms. The third kappa shape index (κ3) is 5.83. The second kappa shape index (κ2) is 9.90. The minimum atomic E-state index is 0.126. The summed E-state index contributed by atoms with van der Waals surface area (Å²) in [5, 5.41) is 0.126. The largest absolute Gasteiger partial charge is 0.378 e. The molecule has 3 rings (SSSR count). The smallest absolute Gasteiger partial charge is 0.219 e. The van der Waals surface area contributed by atoms with E-state index in [4.69, 9.17) is 0 Å². The van der Waals surface area contributed by atoms with Crippen molar-refractivity contribution < 1.29 is 9.36 Å². The number of hydrogen-bond donors (Lipinski definition) is 0. The van der Waals surface area contributed by atoms with Crippen LogP contribution in [0.4, 0.5) is 5.69 Å². The van der Waals surface area contributed by atoms with Gasteiger partial charge in [0.25, 0.3) is 0 Å². The maximum atomic E-state index is 12.1. The van der Waals surface area contributed by atoms with Crippen molar-refractivity contribution in [1.29, 1.82) is 0 Å². The number of hydrogen-bond acceptors (Lipinski definition) is 3. The first-order chi connectivity index (χ1) is 13.6. The summed E-state index contributed by atoms with van der Waals surface area (Å²) >= 11 is 1.36. The Bertz CT molecular complexity index is 917. The summed E-state index contributed by atoms with van der Waals surface area (Å²) in [4.78, 5) is 14.2. The minimum absolute atomic E-state index is 0.126. The van der Waals surface area contributed by atoms with Crippen LogP contribution in [0.5, 0.6) is 0 Å². The lowest BCUT2D eigenvalue weighted by molar-refractivity contribution is -0.692. The fourth-order valence-electron chi connectivity index (χ4n) is 2.71. The molecule has 142 valence electrons. The first-order valence-corrected chi connectivity index (χ1v) is 10.3. The molecule has 0 spiro atoms. The van der Waals surface area contributed by atoms with Crippen LogP contribution in [0.3, 0.4) is 0 Å². The van der Waals surface area contributed by atoms with Crippen molar-refractivity contribution >= 4 is 34.7 Å². The fraction of sp³-hybridized carbons (Fsp3) is 0.167. The van der Waals surface area contributed by atoms with Crippen molar-refractivity contribution in [2.75, 3.05) is 24.7 Å². The van der Waals surface area contributed by atoms with Crippen molar-refractivity contribution in [3.8, 4) is 0 Å². The molecule has 0 fully saturated rings. The molecule has 1 heterocycles. The average molecular weight is 390 g/mol. The van der Waals surface area contributed by atoms with Crippen molar-refractivity contribution in [2.24, 2.45) is 0 Å². The van der Waals surface area contributed by atoms with Crippen molar-refractivity contribution in [3.05, 3.63) is 95.8 Å². The highest BCUT2D eigenvalue weighted by molar-refractivity contribution is 8.14. The maximum Gasteiger partial charge on any atom is 0.219 e. The minimum Gasteiger partial charge on any atom is -0.378 e. The van der Waals surface area contributed by atoms with E-state index in [1.165, 1.54) is 23.0 Å². The Morgan fingerprint density at radius 2 is 1.50 bits per heavy atom.